The zero-order chi connectivity index (χ0) is 14.5. The van der Waals surface area contributed by atoms with E-state index in [0.717, 1.165) is 21.3 Å². The number of hydrogen-bond acceptors (Lipinski definition) is 2. The molecule has 0 spiro atoms. The first-order chi connectivity index (χ1) is 9.65. The van der Waals surface area contributed by atoms with Crippen molar-refractivity contribution in [1.82, 2.24) is 0 Å². The number of halogens is 3. The van der Waals surface area contributed by atoms with E-state index in [1.807, 2.05) is 30.3 Å². The van der Waals surface area contributed by atoms with Crippen molar-refractivity contribution in [3.05, 3.63) is 57.0 Å². The van der Waals surface area contributed by atoms with Crippen molar-refractivity contribution in [2.45, 2.75) is 12.5 Å². The Morgan fingerprint density at radius 2 is 1.95 bits per heavy atom. The van der Waals surface area contributed by atoms with Crippen molar-refractivity contribution in [2.24, 2.45) is 0 Å². The summed E-state index contributed by atoms with van der Waals surface area (Å²) >= 11 is 15.5. The number of alkyl halides is 1. The molecule has 0 N–H and O–H groups in total. The molecule has 0 aromatic heterocycles. The second-order valence-corrected chi connectivity index (χ2v) is 5.64. The van der Waals surface area contributed by atoms with Crippen molar-refractivity contribution in [2.75, 3.05) is 7.11 Å². The fraction of sp³-hybridized carbons (Fsp3) is 0.200. The summed E-state index contributed by atoms with van der Waals surface area (Å²) in [6.07, 6.45) is 0. The van der Waals surface area contributed by atoms with Gasteiger partial charge >= 0.3 is 0 Å². The minimum atomic E-state index is 0.356. The van der Waals surface area contributed by atoms with E-state index in [4.69, 9.17) is 32.7 Å². The molecule has 0 amide bonds. The Bertz CT molecular complexity index is 602. The van der Waals surface area contributed by atoms with Crippen molar-refractivity contribution >= 4 is 39.1 Å². The third kappa shape index (κ3) is 3.60. The van der Waals surface area contributed by atoms with Crippen molar-refractivity contribution in [1.29, 1.82) is 0 Å². The summed E-state index contributed by atoms with van der Waals surface area (Å²) in [5.41, 5.74) is 1.85. The maximum absolute atomic E-state index is 6.15. The molecule has 20 heavy (non-hydrogen) atoms. The molecule has 2 aromatic carbocycles. The molecule has 2 nitrogen and oxygen atoms in total. The lowest BCUT2D eigenvalue weighted by atomic mass is 10.2. The van der Waals surface area contributed by atoms with Crippen LogP contribution in [0.3, 0.4) is 0 Å². The van der Waals surface area contributed by atoms with E-state index < -0.39 is 0 Å². The van der Waals surface area contributed by atoms with Gasteiger partial charge in [0, 0.05) is 15.6 Å². The van der Waals surface area contributed by atoms with Crippen LogP contribution in [-0.4, -0.2) is 7.11 Å². The molecule has 0 saturated heterocycles. The van der Waals surface area contributed by atoms with E-state index in [1.54, 1.807) is 13.2 Å². The Kier molecular flexibility index (Phi) is 5.58. The number of para-hydroxylation sites is 1. The fourth-order valence-corrected chi connectivity index (χ4v) is 2.58. The van der Waals surface area contributed by atoms with Gasteiger partial charge < -0.3 is 9.47 Å². The molecule has 0 bridgehead atoms. The van der Waals surface area contributed by atoms with E-state index in [0.29, 0.717) is 23.3 Å². The molecule has 0 aliphatic rings. The Morgan fingerprint density at radius 3 is 2.65 bits per heavy atom. The Hall–Kier alpha value is -0.900. The standard InChI is InChI=1S/C15H13BrCl2O2/c1-19-12-5-6-13(16)11(7-12)9-20-15-10(8-17)3-2-4-14(15)18/h2-7H,8-9H2,1H3. The molecule has 0 fully saturated rings. The molecule has 2 aromatic rings. The Morgan fingerprint density at radius 1 is 1.15 bits per heavy atom. The molecule has 0 atom stereocenters. The number of methoxy groups -OCH3 is 1. The first-order valence-electron chi connectivity index (χ1n) is 5.94. The molecule has 0 aliphatic carbocycles. The highest BCUT2D eigenvalue weighted by atomic mass is 79.9. The summed E-state index contributed by atoms with van der Waals surface area (Å²) in [4.78, 5) is 0. The van der Waals surface area contributed by atoms with E-state index in [2.05, 4.69) is 15.9 Å². The van der Waals surface area contributed by atoms with Gasteiger partial charge in [0.1, 0.15) is 18.1 Å². The van der Waals surface area contributed by atoms with Crippen LogP contribution in [0.25, 0.3) is 0 Å². The van der Waals surface area contributed by atoms with Gasteiger partial charge in [-0.2, -0.15) is 0 Å². The topological polar surface area (TPSA) is 18.5 Å². The lowest BCUT2D eigenvalue weighted by molar-refractivity contribution is 0.302. The average Bonchev–Trinajstić information content (AvgIpc) is 2.47. The van der Waals surface area contributed by atoms with Crippen LogP contribution in [0, 0.1) is 0 Å². The predicted molar refractivity (Wildman–Crippen MR) is 86.0 cm³/mol. The largest absolute Gasteiger partial charge is 0.497 e. The lowest BCUT2D eigenvalue weighted by Crippen LogP contribution is -2.00. The van der Waals surface area contributed by atoms with Gasteiger partial charge in [-0.25, -0.2) is 0 Å². The van der Waals surface area contributed by atoms with Crippen LogP contribution in [0.2, 0.25) is 5.02 Å². The minimum Gasteiger partial charge on any atom is -0.497 e. The van der Waals surface area contributed by atoms with E-state index >= 15 is 0 Å². The number of ether oxygens (including phenoxy) is 2. The molecule has 0 radical (unpaired) electrons. The number of benzene rings is 2. The molecular weight excluding hydrogens is 363 g/mol. The number of hydrogen-bond donors (Lipinski definition) is 0. The van der Waals surface area contributed by atoms with Gasteiger partial charge in [-0.15, -0.1) is 11.6 Å². The van der Waals surface area contributed by atoms with Gasteiger partial charge in [-0.3, -0.25) is 0 Å². The molecule has 0 heterocycles. The molecule has 2 rings (SSSR count). The van der Waals surface area contributed by atoms with Gasteiger partial charge in [-0.1, -0.05) is 39.7 Å². The van der Waals surface area contributed by atoms with Crippen LogP contribution in [0.1, 0.15) is 11.1 Å². The van der Waals surface area contributed by atoms with Crippen molar-refractivity contribution in [3.63, 3.8) is 0 Å². The smallest absolute Gasteiger partial charge is 0.142 e. The van der Waals surface area contributed by atoms with Crippen LogP contribution in [0.5, 0.6) is 11.5 Å². The third-order valence-electron chi connectivity index (χ3n) is 2.82. The molecular formula is C15H13BrCl2O2. The summed E-state index contributed by atoms with van der Waals surface area (Å²) < 4.78 is 12.0. The fourth-order valence-electron chi connectivity index (χ4n) is 1.76. The first-order valence-corrected chi connectivity index (χ1v) is 7.65. The normalized spacial score (nSPS) is 10.4. The SMILES string of the molecule is COc1ccc(Br)c(COc2c(Cl)cccc2CCl)c1. The summed E-state index contributed by atoms with van der Waals surface area (Å²) in [6, 6.07) is 11.3. The summed E-state index contributed by atoms with van der Waals surface area (Å²) in [5.74, 6) is 1.76. The van der Waals surface area contributed by atoms with Crippen LogP contribution in [0.4, 0.5) is 0 Å². The zero-order valence-corrected chi connectivity index (χ0v) is 13.9. The highest BCUT2D eigenvalue weighted by Gasteiger charge is 2.09. The van der Waals surface area contributed by atoms with Crippen molar-refractivity contribution < 1.29 is 9.47 Å². The summed E-state index contributed by atoms with van der Waals surface area (Å²) in [7, 11) is 1.63. The molecule has 0 saturated carbocycles. The maximum atomic E-state index is 6.15. The van der Waals surface area contributed by atoms with Crippen LogP contribution in [-0.2, 0) is 12.5 Å². The highest BCUT2D eigenvalue weighted by molar-refractivity contribution is 9.10. The lowest BCUT2D eigenvalue weighted by Gasteiger charge is -2.13. The summed E-state index contributed by atoms with van der Waals surface area (Å²) in [6.45, 7) is 0.380. The van der Waals surface area contributed by atoms with E-state index in [9.17, 15) is 0 Å². The van der Waals surface area contributed by atoms with Crippen molar-refractivity contribution in [3.8, 4) is 11.5 Å². The van der Waals surface area contributed by atoms with Gasteiger partial charge in [-0.05, 0) is 24.3 Å². The Balaban J connectivity index is 2.21. The van der Waals surface area contributed by atoms with Gasteiger partial charge in [0.05, 0.1) is 18.0 Å². The quantitative estimate of drug-likeness (QED) is 0.648. The van der Waals surface area contributed by atoms with Gasteiger partial charge in [0.25, 0.3) is 0 Å². The first kappa shape index (κ1) is 15.5. The number of rotatable bonds is 5. The van der Waals surface area contributed by atoms with Gasteiger partial charge in [0.2, 0.25) is 0 Å². The second-order valence-electron chi connectivity index (χ2n) is 4.11. The van der Waals surface area contributed by atoms with E-state index in [1.165, 1.54) is 0 Å². The van der Waals surface area contributed by atoms with Crippen LogP contribution in [0.15, 0.2) is 40.9 Å². The molecule has 0 unspecified atom stereocenters. The molecule has 0 aliphatic heterocycles. The Labute approximate surface area is 136 Å². The average molecular weight is 376 g/mol. The van der Waals surface area contributed by atoms with E-state index in [-0.39, 0.29) is 0 Å². The second kappa shape index (κ2) is 7.21. The highest BCUT2D eigenvalue weighted by Crippen LogP contribution is 2.31. The van der Waals surface area contributed by atoms with Crippen LogP contribution >= 0.6 is 39.1 Å². The van der Waals surface area contributed by atoms with Gasteiger partial charge in [0.15, 0.2) is 0 Å². The minimum absolute atomic E-state index is 0.356. The zero-order valence-electron chi connectivity index (χ0n) is 10.8. The monoisotopic (exact) mass is 374 g/mol. The molecule has 5 heteroatoms. The third-order valence-corrected chi connectivity index (χ3v) is 4.18. The maximum Gasteiger partial charge on any atom is 0.142 e. The summed E-state index contributed by atoms with van der Waals surface area (Å²) in [5, 5.41) is 0.558. The predicted octanol–water partition coefficient (Wildman–Crippen LogP) is 5.43. The van der Waals surface area contributed by atoms with Crippen LogP contribution < -0.4 is 9.47 Å². The molecule has 106 valence electrons.